The maximum absolute atomic E-state index is 12.5. The maximum Gasteiger partial charge on any atom is 0.460 e. The summed E-state index contributed by atoms with van der Waals surface area (Å²) in [4.78, 5) is 0. The second-order valence-corrected chi connectivity index (χ2v) is 3.82. The summed E-state index contributed by atoms with van der Waals surface area (Å²) >= 11 is 2.43. The molecule has 0 atom stereocenters. The van der Waals surface area contributed by atoms with Gasteiger partial charge in [0.15, 0.2) is 0 Å². The summed E-state index contributed by atoms with van der Waals surface area (Å²) in [5.41, 5.74) is 0. The van der Waals surface area contributed by atoms with Crippen LogP contribution in [0.4, 0.5) is 80.6 Å². The molecule has 0 aliphatic heterocycles. The highest BCUT2D eigenvalue weighted by molar-refractivity contribution is 7.81. The van der Waals surface area contributed by atoms with Crippen molar-refractivity contribution in [3.05, 3.63) is 0 Å². The zero-order chi connectivity index (χ0) is 17.0. The molecule has 1 radical (unpaired) electrons. The first kappa shape index (κ1) is 39.2. The van der Waals surface area contributed by atoms with Gasteiger partial charge < -0.3 is 0 Å². The first-order valence-electron chi connectivity index (χ1n) is 3.91. The van der Waals surface area contributed by atoms with E-state index >= 15 is 0 Å². The van der Waals surface area contributed by atoms with Crippen molar-refractivity contribution in [3.8, 4) is 0 Å². The average molecular weight is 451 g/mol. The molecule has 161 valence electrons. The molecule has 0 unspecified atom stereocenters. The van der Waals surface area contributed by atoms with Crippen LogP contribution in [-0.2, 0) is 0 Å². The zero-order valence-corrected chi connectivity index (χ0v) is 11.2. The van der Waals surface area contributed by atoms with E-state index in [1.807, 2.05) is 0 Å². The SMILES string of the molecule is F.F.F.F.F.FC(F)(F)C(F)(F)C(F)(F)C(F)(F)C(F)(F)C(F)(F)[S]. The molecular formula is C6H5F18S. The summed E-state index contributed by atoms with van der Waals surface area (Å²) < 4.78 is 157. The fourth-order valence-electron chi connectivity index (χ4n) is 0.755. The minimum absolute atomic E-state index is 0. The van der Waals surface area contributed by atoms with Crippen LogP contribution in [0.15, 0.2) is 0 Å². The highest BCUT2D eigenvalue weighted by Crippen LogP contribution is 2.60. The highest BCUT2D eigenvalue weighted by Gasteiger charge is 2.90. The van der Waals surface area contributed by atoms with Gasteiger partial charge in [-0.2, -0.15) is 57.1 Å². The van der Waals surface area contributed by atoms with Crippen molar-refractivity contribution in [2.75, 3.05) is 0 Å². The molecule has 0 aromatic heterocycles. The summed E-state index contributed by atoms with van der Waals surface area (Å²) in [6.07, 6.45) is -7.40. The summed E-state index contributed by atoms with van der Waals surface area (Å²) in [5, 5.41) is -6.40. The molecule has 0 heterocycles. The van der Waals surface area contributed by atoms with Crippen molar-refractivity contribution in [1.29, 1.82) is 0 Å². The number of hydrogen-bond acceptors (Lipinski definition) is 0. The molecule has 0 saturated heterocycles. The molecule has 0 rings (SSSR count). The van der Waals surface area contributed by atoms with Crippen LogP contribution < -0.4 is 0 Å². The third kappa shape index (κ3) is 5.28. The molecule has 0 aliphatic rings. The van der Waals surface area contributed by atoms with Crippen LogP contribution in [0, 0.1) is 0 Å². The predicted octanol–water partition coefficient (Wildman–Crippen LogP) is 5.64. The summed E-state index contributed by atoms with van der Waals surface area (Å²) in [5.74, 6) is -30.7. The smallest absolute Gasteiger partial charge is 0.269 e. The normalized spacial score (nSPS) is 13.2. The Kier molecular flexibility index (Phi) is 14.4. The van der Waals surface area contributed by atoms with Gasteiger partial charge in [0.05, 0.1) is 0 Å². The molecule has 0 bridgehead atoms. The average Bonchev–Trinajstić information content (AvgIpc) is 2.12. The molecule has 0 N–H and O–H groups in total. The lowest BCUT2D eigenvalue weighted by Crippen LogP contribution is -2.69. The van der Waals surface area contributed by atoms with E-state index in [1.54, 1.807) is 0 Å². The minimum Gasteiger partial charge on any atom is -0.269 e. The van der Waals surface area contributed by atoms with Crippen LogP contribution in [0.3, 0.4) is 0 Å². The van der Waals surface area contributed by atoms with Gasteiger partial charge in [0, 0.05) is 0 Å². The van der Waals surface area contributed by atoms with E-state index in [4.69, 9.17) is 0 Å². The van der Waals surface area contributed by atoms with Gasteiger partial charge in [0.1, 0.15) is 0 Å². The monoisotopic (exact) mass is 451 g/mol. The van der Waals surface area contributed by atoms with Crippen LogP contribution in [0.25, 0.3) is 0 Å². The van der Waals surface area contributed by atoms with Crippen LogP contribution in [0.5, 0.6) is 0 Å². The van der Waals surface area contributed by atoms with Crippen molar-refractivity contribution in [3.63, 3.8) is 0 Å². The van der Waals surface area contributed by atoms with Crippen molar-refractivity contribution in [2.45, 2.75) is 35.1 Å². The first-order valence-corrected chi connectivity index (χ1v) is 4.32. The molecule has 0 aliphatic carbocycles. The molecule has 0 aromatic carbocycles. The highest BCUT2D eigenvalue weighted by atomic mass is 32.1. The Morgan fingerprint density at radius 1 is 0.360 bits per heavy atom. The standard InChI is InChI=1S/C6F13S.5FH/c7-1(8,3(11,12)5(15,16)17)2(9,10)4(13,14)6(18,19)20;;;;;/h;5*1H. The van der Waals surface area contributed by atoms with E-state index in [0.29, 0.717) is 0 Å². The predicted molar refractivity (Wildman–Crippen MR) is 50.9 cm³/mol. The van der Waals surface area contributed by atoms with Crippen LogP contribution >= 0.6 is 12.6 Å². The maximum atomic E-state index is 12.5. The molecule has 0 spiro atoms. The number of halogens is 18. The zero-order valence-electron chi connectivity index (χ0n) is 10.4. The van der Waals surface area contributed by atoms with Crippen molar-refractivity contribution < 1.29 is 80.6 Å². The molecular weight excluding hydrogens is 446 g/mol. The molecule has 19 heteroatoms. The molecule has 0 saturated carbocycles. The van der Waals surface area contributed by atoms with Gasteiger partial charge in [0.25, 0.3) is 0 Å². The van der Waals surface area contributed by atoms with E-state index in [2.05, 4.69) is 12.6 Å². The molecule has 0 nitrogen and oxygen atoms in total. The summed E-state index contributed by atoms with van der Waals surface area (Å²) in [7, 11) is 0. The Bertz CT molecular complexity index is 327. The minimum atomic E-state index is -7.87. The summed E-state index contributed by atoms with van der Waals surface area (Å²) in [6.45, 7) is 0. The van der Waals surface area contributed by atoms with Gasteiger partial charge in [-0.1, -0.05) is 0 Å². The Morgan fingerprint density at radius 3 is 0.720 bits per heavy atom. The Morgan fingerprint density at radius 2 is 0.560 bits per heavy atom. The number of alkyl halides is 13. The van der Waals surface area contributed by atoms with E-state index < -0.39 is 35.1 Å². The molecule has 25 heavy (non-hydrogen) atoms. The van der Waals surface area contributed by atoms with Crippen molar-refractivity contribution in [1.82, 2.24) is 0 Å². The lowest BCUT2D eigenvalue weighted by molar-refractivity contribution is -0.432. The van der Waals surface area contributed by atoms with Gasteiger partial charge in [-0.05, 0) is 12.6 Å². The van der Waals surface area contributed by atoms with Crippen LogP contribution in [0.1, 0.15) is 0 Å². The Labute approximate surface area is 130 Å². The fraction of sp³-hybridized carbons (Fsp3) is 1.00. The van der Waals surface area contributed by atoms with Crippen LogP contribution in [0.2, 0.25) is 0 Å². The fourth-order valence-corrected chi connectivity index (χ4v) is 0.883. The molecule has 0 amide bonds. The van der Waals surface area contributed by atoms with E-state index in [9.17, 15) is 57.1 Å². The second kappa shape index (κ2) is 9.15. The van der Waals surface area contributed by atoms with Gasteiger partial charge in [-0.3, -0.25) is 23.5 Å². The van der Waals surface area contributed by atoms with Gasteiger partial charge in [-0.15, -0.1) is 0 Å². The third-order valence-corrected chi connectivity index (χ3v) is 2.16. The van der Waals surface area contributed by atoms with Crippen molar-refractivity contribution in [2.24, 2.45) is 0 Å². The molecule has 0 aromatic rings. The lowest BCUT2D eigenvalue weighted by Gasteiger charge is -2.38. The largest absolute Gasteiger partial charge is 0.460 e. The summed E-state index contributed by atoms with van der Waals surface area (Å²) in [6, 6.07) is 0. The van der Waals surface area contributed by atoms with E-state index in [0.717, 1.165) is 0 Å². The Balaban J connectivity index is -0.000000180. The number of hydrogen-bond donors (Lipinski definition) is 0. The van der Waals surface area contributed by atoms with Gasteiger partial charge in [0.2, 0.25) is 0 Å². The first-order chi connectivity index (χ1) is 8.25. The van der Waals surface area contributed by atoms with Crippen molar-refractivity contribution >= 4 is 12.6 Å². The third-order valence-electron chi connectivity index (χ3n) is 1.90. The van der Waals surface area contributed by atoms with Crippen LogP contribution in [-0.4, -0.2) is 35.1 Å². The quantitative estimate of drug-likeness (QED) is 0.486. The van der Waals surface area contributed by atoms with E-state index in [-0.39, 0.29) is 23.5 Å². The number of rotatable bonds is 4. The Hall–Kier alpha value is -0.910. The molecule has 0 fully saturated rings. The lowest BCUT2D eigenvalue weighted by atomic mass is 9.98. The topological polar surface area (TPSA) is 0 Å². The van der Waals surface area contributed by atoms with E-state index in [1.165, 1.54) is 0 Å². The second-order valence-electron chi connectivity index (χ2n) is 3.31. The van der Waals surface area contributed by atoms with Gasteiger partial charge >= 0.3 is 35.1 Å². The van der Waals surface area contributed by atoms with Gasteiger partial charge in [-0.25, -0.2) is 0 Å².